The highest BCUT2D eigenvalue weighted by molar-refractivity contribution is 9.10. The van der Waals surface area contributed by atoms with E-state index in [4.69, 9.17) is 9.78 Å². The Kier molecular flexibility index (Phi) is 3.23. The second kappa shape index (κ2) is 5.19. The summed E-state index contributed by atoms with van der Waals surface area (Å²) in [6, 6.07) is 8.88. The summed E-state index contributed by atoms with van der Waals surface area (Å²) >= 11 is 3.31. The van der Waals surface area contributed by atoms with Gasteiger partial charge in [-0.05, 0) is 40.2 Å². The zero-order valence-corrected chi connectivity index (χ0v) is 11.6. The van der Waals surface area contributed by atoms with Crippen LogP contribution in [0.25, 0.3) is 23.0 Å². The quantitative estimate of drug-likeness (QED) is 0.719. The van der Waals surface area contributed by atoms with Crippen LogP contribution in [0.5, 0.6) is 0 Å². The molecule has 6 nitrogen and oxygen atoms in total. The van der Waals surface area contributed by atoms with Crippen LogP contribution in [-0.2, 0) is 0 Å². The third kappa shape index (κ3) is 2.41. The number of aromatic nitrogens is 4. The van der Waals surface area contributed by atoms with E-state index < -0.39 is 0 Å². The van der Waals surface area contributed by atoms with E-state index in [2.05, 4.69) is 36.0 Å². The molecule has 3 aromatic rings. The van der Waals surface area contributed by atoms with Crippen molar-refractivity contribution in [1.82, 2.24) is 20.1 Å². The Morgan fingerprint density at radius 1 is 1.20 bits per heavy atom. The second-order valence-corrected chi connectivity index (χ2v) is 4.74. The summed E-state index contributed by atoms with van der Waals surface area (Å²) in [5.41, 5.74) is 1.55. The van der Waals surface area contributed by atoms with Crippen molar-refractivity contribution in [1.29, 1.82) is 5.26 Å². The third-order valence-electron chi connectivity index (χ3n) is 2.50. The van der Waals surface area contributed by atoms with Crippen LogP contribution in [0.1, 0.15) is 5.69 Å². The first-order chi connectivity index (χ1) is 9.76. The molecular formula is C13H6BrN5O. The minimum Gasteiger partial charge on any atom is -0.334 e. The van der Waals surface area contributed by atoms with Gasteiger partial charge in [0.15, 0.2) is 0 Å². The van der Waals surface area contributed by atoms with E-state index in [9.17, 15) is 0 Å². The molecule has 0 saturated heterocycles. The van der Waals surface area contributed by atoms with Crippen LogP contribution in [-0.4, -0.2) is 20.1 Å². The van der Waals surface area contributed by atoms with E-state index in [0.29, 0.717) is 28.7 Å². The highest BCUT2D eigenvalue weighted by Gasteiger charge is 2.12. The standard InChI is InChI=1S/C13H6BrN5O/c14-9-1-2-11(17-7-9)12-18-13(20-19-12)8-3-4-16-10(5-8)6-15/h1-5,7H. The average molecular weight is 328 g/mol. The van der Waals surface area contributed by atoms with Crippen LogP contribution in [0.15, 0.2) is 45.7 Å². The molecule has 0 amide bonds. The lowest BCUT2D eigenvalue weighted by atomic mass is 10.2. The van der Waals surface area contributed by atoms with E-state index in [1.54, 1.807) is 24.4 Å². The van der Waals surface area contributed by atoms with Gasteiger partial charge in [-0.15, -0.1) is 0 Å². The fourth-order valence-corrected chi connectivity index (χ4v) is 1.81. The van der Waals surface area contributed by atoms with Crippen molar-refractivity contribution in [2.45, 2.75) is 0 Å². The minimum absolute atomic E-state index is 0.295. The van der Waals surface area contributed by atoms with Gasteiger partial charge in [-0.25, -0.2) is 4.98 Å². The molecular weight excluding hydrogens is 322 g/mol. The first-order valence-electron chi connectivity index (χ1n) is 5.58. The molecule has 0 radical (unpaired) electrons. The topological polar surface area (TPSA) is 88.5 Å². The number of halogens is 1. The van der Waals surface area contributed by atoms with Gasteiger partial charge < -0.3 is 4.52 Å². The van der Waals surface area contributed by atoms with Crippen LogP contribution < -0.4 is 0 Å². The maximum atomic E-state index is 8.82. The van der Waals surface area contributed by atoms with Gasteiger partial charge in [0.1, 0.15) is 17.5 Å². The number of pyridine rings is 2. The molecule has 0 spiro atoms. The normalized spacial score (nSPS) is 10.2. The molecule has 7 heteroatoms. The summed E-state index contributed by atoms with van der Waals surface area (Å²) in [6.07, 6.45) is 3.18. The fraction of sp³-hybridized carbons (Fsp3) is 0. The third-order valence-corrected chi connectivity index (χ3v) is 2.97. The van der Waals surface area contributed by atoms with E-state index in [1.165, 1.54) is 6.20 Å². The lowest BCUT2D eigenvalue weighted by Crippen LogP contribution is -1.86. The Bertz CT molecular complexity index is 791. The van der Waals surface area contributed by atoms with Crippen molar-refractivity contribution >= 4 is 15.9 Å². The molecule has 0 N–H and O–H groups in total. The summed E-state index contributed by atoms with van der Waals surface area (Å²) in [7, 11) is 0. The zero-order valence-electron chi connectivity index (χ0n) is 9.99. The predicted octanol–water partition coefficient (Wildman–Crippen LogP) is 2.83. The number of hydrogen-bond acceptors (Lipinski definition) is 6. The van der Waals surface area contributed by atoms with Gasteiger partial charge >= 0.3 is 0 Å². The molecule has 3 rings (SSSR count). The Hall–Kier alpha value is -2.59. The van der Waals surface area contributed by atoms with Crippen molar-refractivity contribution in [2.75, 3.05) is 0 Å². The predicted molar refractivity (Wildman–Crippen MR) is 73.2 cm³/mol. The molecule has 0 unspecified atom stereocenters. The Balaban J connectivity index is 1.97. The van der Waals surface area contributed by atoms with Gasteiger partial charge in [-0.1, -0.05) is 5.16 Å². The Morgan fingerprint density at radius 3 is 2.85 bits per heavy atom. The summed E-state index contributed by atoms with van der Waals surface area (Å²) in [4.78, 5) is 12.3. The van der Waals surface area contributed by atoms with Gasteiger partial charge in [0.05, 0.1) is 0 Å². The number of nitrogens with zero attached hydrogens (tertiary/aromatic N) is 5. The average Bonchev–Trinajstić information content (AvgIpc) is 2.98. The second-order valence-electron chi connectivity index (χ2n) is 3.83. The van der Waals surface area contributed by atoms with Gasteiger partial charge in [-0.2, -0.15) is 10.2 Å². The maximum Gasteiger partial charge on any atom is 0.258 e. The lowest BCUT2D eigenvalue weighted by Gasteiger charge is -1.94. The monoisotopic (exact) mass is 327 g/mol. The molecule has 96 valence electrons. The largest absolute Gasteiger partial charge is 0.334 e. The molecule has 0 fully saturated rings. The van der Waals surface area contributed by atoms with E-state index in [0.717, 1.165) is 4.47 Å². The molecule has 0 bridgehead atoms. The van der Waals surface area contributed by atoms with Gasteiger partial charge in [0.25, 0.3) is 5.89 Å². The first-order valence-corrected chi connectivity index (χ1v) is 6.38. The molecule has 0 aliphatic rings. The molecule has 20 heavy (non-hydrogen) atoms. The first kappa shape index (κ1) is 12.4. The molecule has 0 atom stereocenters. The summed E-state index contributed by atoms with van der Waals surface area (Å²) in [5.74, 6) is 0.714. The Morgan fingerprint density at radius 2 is 2.10 bits per heavy atom. The highest BCUT2D eigenvalue weighted by atomic mass is 79.9. The van der Waals surface area contributed by atoms with Crippen LogP contribution >= 0.6 is 15.9 Å². The number of nitriles is 1. The Labute approximate surface area is 122 Å². The molecule has 0 saturated carbocycles. The van der Waals surface area contributed by atoms with Gasteiger partial charge in [0, 0.05) is 22.4 Å². The minimum atomic E-state index is 0.295. The zero-order chi connectivity index (χ0) is 13.9. The van der Waals surface area contributed by atoms with Crippen molar-refractivity contribution in [3.05, 3.63) is 46.8 Å². The molecule has 0 aliphatic heterocycles. The van der Waals surface area contributed by atoms with Crippen molar-refractivity contribution in [3.8, 4) is 29.0 Å². The number of rotatable bonds is 2. The number of hydrogen-bond donors (Lipinski definition) is 0. The van der Waals surface area contributed by atoms with Crippen molar-refractivity contribution in [2.24, 2.45) is 0 Å². The van der Waals surface area contributed by atoms with Crippen molar-refractivity contribution in [3.63, 3.8) is 0 Å². The summed E-state index contributed by atoms with van der Waals surface area (Å²) in [5, 5.41) is 12.7. The molecule has 3 heterocycles. The maximum absolute atomic E-state index is 8.82. The van der Waals surface area contributed by atoms with Crippen LogP contribution in [0.3, 0.4) is 0 Å². The van der Waals surface area contributed by atoms with Gasteiger partial charge in [-0.3, -0.25) is 4.98 Å². The van der Waals surface area contributed by atoms with E-state index in [-0.39, 0.29) is 0 Å². The SMILES string of the molecule is N#Cc1cc(-c2nc(-c3ccc(Br)cn3)no2)ccn1. The van der Waals surface area contributed by atoms with Crippen LogP contribution in [0, 0.1) is 11.3 Å². The van der Waals surface area contributed by atoms with Crippen LogP contribution in [0.2, 0.25) is 0 Å². The molecule has 3 aromatic heterocycles. The summed E-state index contributed by atoms with van der Waals surface area (Å²) in [6.45, 7) is 0. The lowest BCUT2D eigenvalue weighted by molar-refractivity contribution is 0.432. The highest BCUT2D eigenvalue weighted by Crippen LogP contribution is 2.21. The smallest absolute Gasteiger partial charge is 0.258 e. The molecule has 0 aliphatic carbocycles. The fourth-order valence-electron chi connectivity index (χ4n) is 1.58. The van der Waals surface area contributed by atoms with E-state index >= 15 is 0 Å². The van der Waals surface area contributed by atoms with Crippen molar-refractivity contribution < 1.29 is 4.52 Å². The van der Waals surface area contributed by atoms with Gasteiger partial charge in [0.2, 0.25) is 5.82 Å². The van der Waals surface area contributed by atoms with Crippen LogP contribution in [0.4, 0.5) is 0 Å². The summed E-state index contributed by atoms with van der Waals surface area (Å²) < 4.78 is 6.06. The molecule has 0 aromatic carbocycles. The van der Waals surface area contributed by atoms with E-state index in [1.807, 2.05) is 12.1 Å².